The predicted molar refractivity (Wildman–Crippen MR) is 144 cm³/mol. The molecule has 38 heavy (non-hydrogen) atoms. The molecule has 2 heterocycles. The maximum atomic E-state index is 15.0. The number of hydrogen-bond acceptors (Lipinski definition) is 7. The molecule has 1 fully saturated rings. The molecule has 5 rings (SSSR count). The van der Waals surface area contributed by atoms with Crippen LogP contribution in [0, 0.1) is 0 Å². The summed E-state index contributed by atoms with van der Waals surface area (Å²) in [4.78, 5) is 2.01. The van der Waals surface area contributed by atoms with Crippen molar-refractivity contribution in [3.8, 4) is 16.9 Å². The van der Waals surface area contributed by atoms with Crippen LogP contribution in [0.2, 0.25) is 0 Å². The number of rotatable bonds is 11. The predicted octanol–water partition coefficient (Wildman–Crippen LogP) is 4.61. The number of likely N-dealkylation sites (N-methyl/N-ethyl adjacent to an activating group) is 1. The lowest BCUT2D eigenvalue weighted by molar-refractivity contribution is -0.182. The highest BCUT2D eigenvalue weighted by molar-refractivity contribution is 7.92. The van der Waals surface area contributed by atoms with Gasteiger partial charge in [-0.15, -0.1) is 0 Å². The summed E-state index contributed by atoms with van der Waals surface area (Å²) < 4.78 is 61.1. The molecule has 0 bridgehead atoms. The van der Waals surface area contributed by atoms with Crippen molar-refractivity contribution in [1.29, 1.82) is 0 Å². The van der Waals surface area contributed by atoms with E-state index in [1.165, 1.54) is 6.07 Å². The van der Waals surface area contributed by atoms with Gasteiger partial charge in [-0.25, -0.2) is 8.42 Å². The van der Waals surface area contributed by atoms with Crippen LogP contribution in [-0.2, 0) is 9.84 Å². The summed E-state index contributed by atoms with van der Waals surface area (Å²) in [6.45, 7) is 4.65. The summed E-state index contributed by atoms with van der Waals surface area (Å²) in [6, 6.07) is 10.1. The quantitative estimate of drug-likeness (QED) is 0.380. The van der Waals surface area contributed by atoms with Gasteiger partial charge in [-0.3, -0.25) is 0 Å². The molecule has 1 saturated carbocycles. The van der Waals surface area contributed by atoms with Crippen molar-refractivity contribution < 1.29 is 27.0 Å². The average molecular weight is 546 g/mol. The second-order valence-corrected chi connectivity index (χ2v) is 12.2. The van der Waals surface area contributed by atoms with Crippen molar-refractivity contribution >= 4 is 21.1 Å². The van der Waals surface area contributed by atoms with Crippen LogP contribution < -0.4 is 15.4 Å². The highest BCUT2D eigenvalue weighted by Crippen LogP contribution is 2.49. The van der Waals surface area contributed by atoms with Gasteiger partial charge in [0.05, 0.1) is 28.9 Å². The van der Waals surface area contributed by atoms with Gasteiger partial charge in [-0.1, -0.05) is 25.1 Å². The zero-order valence-corrected chi connectivity index (χ0v) is 22.3. The Bertz CT molecular complexity index is 1390. The number of sulfone groups is 1. The van der Waals surface area contributed by atoms with Crippen molar-refractivity contribution in [2.45, 2.75) is 55.5 Å². The Morgan fingerprint density at radius 1 is 1.18 bits per heavy atom. The molecule has 10 heteroatoms. The van der Waals surface area contributed by atoms with E-state index in [-0.39, 0.29) is 35.2 Å². The Kier molecular flexibility index (Phi) is 7.23. The topological polar surface area (TPSA) is 90.9 Å². The van der Waals surface area contributed by atoms with E-state index in [2.05, 4.69) is 10.6 Å². The first-order valence-corrected chi connectivity index (χ1v) is 14.5. The SMILES string of the molecule is CCN(CCO)CCC(F)(F)Oc1ccc(-c2cccc(S(=O)(=O)C3CC3)c2)c2c1NC1NC=C(C)C=C21. The lowest BCUT2D eigenvalue weighted by Crippen LogP contribution is -2.35. The Hall–Kier alpha value is -2.95. The van der Waals surface area contributed by atoms with Gasteiger partial charge >= 0.3 is 6.11 Å². The first-order chi connectivity index (χ1) is 18.1. The van der Waals surface area contributed by atoms with Gasteiger partial charge < -0.3 is 25.4 Å². The summed E-state index contributed by atoms with van der Waals surface area (Å²) in [7, 11) is -3.39. The monoisotopic (exact) mass is 545 g/mol. The van der Waals surface area contributed by atoms with Gasteiger partial charge in [0.2, 0.25) is 0 Å². The molecule has 7 nitrogen and oxygen atoms in total. The number of alkyl halides is 2. The number of aliphatic hydroxyl groups is 1. The molecular weight excluding hydrogens is 512 g/mol. The van der Waals surface area contributed by atoms with Crippen LogP contribution in [0.5, 0.6) is 5.75 Å². The third-order valence-electron chi connectivity index (χ3n) is 7.19. The molecule has 2 aliphatic heterocycles. The van der Waals surface area contributed by atoms with Crippen LogP contribution in [0.1, 0.15) is 38.7 Å². The molecule has 1 atom stereocenters. The lowest BCUT2D eigenvalue weighted by Gasteiger charge is -2.24. The van der Waals surface area contributed by atoms with Crippen molar-refractivity contribution in [2.24, 2.45) is 0 Å². The van der Waals surface area contributed by atoms with Crippen LogP contribution in [0.3, 0.4) is 0 Å². The van der Waals surface area contributed by atoms with E-state index in [1.807, 2.05) is 32.2 Å². The van der Waals surface area contributed by atoms with E-state index in [0.717, 1.165) is 16.7 Å². The molecular formula is C28H33F2N3O4S. The number of nitrogens with one attached hydrogen (secondary N) is 2. The van der Waals surface area contributed by atoms with Crippen molar-refractivity contribution in [2.75, 3.05) is 31.6 Å². The molecule has 0 amide bonds. The van der Waals surface area contributed by atoms with Crippen LogP contribution in [0.25, 0.3) is 16.7 Å². The third-order valence-corrected chi connectivity index (χ3v) is 9.45. The van der Waals surface area contributed by atoms with Gasteiger partial charge in [0, 0.05) is 30.4 Å². The van der Waals surface area contributed by atoms with Crippen molar-refractivity contribution in [1.82, 2.24) is 10.2 Å². The Balaban J connectivity index is 1.52. The molecule has 0 radical (unpaired) electrons. The third kappa shape index (κ3) is 5.30. The summed E-state index contributed by atoms with van der Waals surface area (Å²) in [5.74, 6) is 0.0236. The van der Waals surface area contributed by atoms with Gasteiger partial charge in [0.25, 0.3) is 0 Å². The van der Waals surface area contributed by atoms with Crippen LogP contribution in [0.15, 0.2) is 59.1 Å². The molecule has 204 valence electrons. The second-order valence-electron chi connectivity index (χ2n) is 10.0. The number of fused-ring (bicyclic) bond motifs is 3. The fraction of sp³-hybridized carbons (Fsp3) is 0.429. The number of aliphatic hydroxyl groups excluding tert-OH is 1. The highest BCUT2D eigenvalue weighted by atomic mass is 32.2. The number of ether oxygens (including phenoxy) is 1. The van der Waals surface area contributed by atoms with Gasteiger partial charge in [0.1, 0.15) is 11.9 Å². The minimum absolute atomic E-state index is 0.0236. The van der Waals surface area contributed by atoms with E-state index in [0.29, 0.717) is 42.7 Å². The molecule has 1 unspecified atom stereocenters. The van der Waals surface area contributed by atoms with Crippen LogP contribution in [-0.4, -0.2) is 62.2 Å². The summed E-state index contributed by atoms with van der Waals surface area (Å²) in [6.07, 6.45) is 0.909. The standard InChI is InChI=1S/C28H33F2N3O4S/c1-3-33(13-14-34)12-11-28(29,30)37-24-10-9-22(25-23-15-18(2)17-31-27(23)32-26(24)25)19-5-4-6-21(16-19)38(35,36)20-7-8-20/h4-6,9-10,15-17,20,27,31-32,34H,3,7-8,11-14H2,1-2H3. The molecule has 0 saturated heterocycles. The first-order valence-electron chi connectivity index (χ1n) is 13.0. The molecule has 2 aromatic rings. The van der Waals surface area contributed by atoms with Crippen LogP contribution >= 0.6 is 0 Å². The Labute approximate surface area is 222 Å². The van der Waals surface area contributed by atoms with E-state index in [1.54, 1.807) is 29.2 Å². The second kappa shape index (κ2) is 10.3. The number of allylic oxidation sites excluding steroid dienone is 2. The summed E-state index contributed by atoms with van der Waals surface area (Å²) in [5, 5.41) is 15.4. The first kappa shape index (κ1) is 26.6. The average Bonchev–Trinajstić information content (AvgIpc) is 3.69. The maximum Gasteiger partial charge on any atom is 0.399 e. The van der Waals surface area contributed by atoms with E-state index >= 15 is 0 Å². The molecule has 0 aromatic heterocycles. The largest absolute Gasteiger partial charge is 0.430 e. The molecule has 2 aromatic carbocycles. The molecule has 3 N–H and O–H groups in total. The summed E-state index contributed by atoms with van der Waals surface area (Å²) >= 11 is 0. The normalized spacial score (nSPS) is 18.7. The minimum atomic E-state index is -3.43. The smallest absolute Gasteiger partial charge is 0.399 e. The van der Waals surface area contributed by atoms with Gasteiger partial charge in [-0.2, -0.15) is 8.78 Å². The molecule has 1 aliphatic carbocycles. The number of benzene rings is 2. The fourth-order valence-corrected chi connectivity index (χ4v) is 6.69. The summed E-state index contributed by atoms with van der Waals surface area (Å²) in [5.41, 5.74) is 4.43. The van der Waals surface area contributed by atoms with E-state index in [9.17, 15) is 17.2 Å². The number of halogens is 2. The Morgan fingerprint density at radius 2 is 1.97 bits per heavy atom. The number of dihydropyridines is 1. The van der Waals surface area contributed by atoms with Gasteiger partial charge in [-0.05, 0) is 67.3 Å². The number of hydrogen-bond donors (Lipinski definition) is 3. The lowest BCUT2D eigenvalue weighted by atomic mass is 9.92. The molecule has 3 aliphatic rings. The van der Waals surface area contributed by atoms with Crippen LogP contribution in [0.4, 0.5) is 14.5 Å². The van der Waals surface area contributed by atoms with Gasteiger partial charge in [0.15, 0.2) is 9.84 Å². The fourth-order valence-electron chi connectivity index (χ4n) is 4.99. The van der Waals surface area contributed by atoms with Crippen molar-refractivity contribution in [3.05, 3.63) is 59.8 Å². The van der Waals surface area contributed by atoms with E-state index < -0.39 is 22.4 Å². The zero-order valence-electron chi connectivity index (χ0n) is 21.5. The number of anilines is 1. The van der Waals surface area contributed by atoms with Crippen molar-refractivity contribution in [3.63, 3.8) is 0 Å². The number of nitrogens with zero attached hydrogens (tertiary/aromatic N) is 1. The maximum absolute atomic E-state index is 15.0. The Morgan fingerprint density at radius 3 is 2.68 bits per heavy atom. The minimum Gasteiger partial charge on any atom is -0.430 e. The highest BCUT2D eigenvalue weighted by Gasteiger charge is 2.39. The molecule has 0 spiro atoms. The zero-order chi connectivity index (χ0) is 27.1. The van der Waals surface area contributed by atoms with E-state index in [4.69, 9.17) is 9.84 Å².